The van der Waals surface area contributed by atoms with Crippen molar-refractivity contribution < 1.29 is 19.2 Å². The van der Waals surface area contributed by atoms with E-state index in [1.165, 1.54) is 0 Å². The maximum Gasteiger partial charge on any atom is 0.270 e. The molecule has 0 unspecified atom stereocenters. The van der Waals surface area contributed by atoms with Crippen LogP contribution in [0.5, 0.6) is 0 Å². The molecule has 1 aromatic rings. The number of ether oxygens (including phenoxy) is 1. The lowest BCUT2D eigenvalue weighted by Gasteiger charge is -2.26. The van der Waals surface area contributed by atoms with E-state index in [1.54, 1.807) is 4.90 Å². The van der Waals surface area contributed by atoms with Crippen molar-refractivity contribution in [2.24, 2.45) is 12.2 Å². The molecule has 28 heavy (non-hydrogen) atoms. The molecule has 0 saturated carbocycles. The van der Waals surface area contributed by atoms with Gasteiger partial charge in [0.05, 0.1) is 19.8 Å². The number of amides is 2. The van der Waals surface area contributed by atoms with Crippen molar-refractivity contribution in [1.82, 2.24) is 19.7 Å². The summed E-state index contributed by atoms with van der Waals surface area (Å²) >= 11 is 0. The highest BCUT2D eigenvalue weighted by Crippen LogP contribution is 2.34. The van der Waals surface area contributed by atoms with E-state index in [0.717, 1.165) is 32.8 Å². The van der Waals surface area contributed by atoms with Gasteiger partial charge < -0.3 is 24.4 Å². The van der Waals surface area contributed by atoms with E-state index >= 15 is 0 Å². The molecule has 0 aliphatic carbocycles. The van der Waals surface area contributed by atoms with Gasteiger partial charge in [0.25, 0.3) is 11.8 Å². The number of morpholine rings is 1. The molecule has 0 radical (unpaired) electrons. The number of hydrogen-bond donors (Lipinski definition) is 1. The van der Waals surface area contributed by atoms with Crippen molar-refractivity contribution in [3.63, 3.8) is 0 Å². The number of aryl methyl sites for hydroxylation is 1. The van der Waals surface area contributed by atoms with Gasteiger partial charge in [0.15, 0.2) is 5.60 Å². The number of carbonyl (C=O) groups is 2. The van der Waals surface area contributed by atoms with Crippen molar-refractivity contribution in [2.45, 2.75) is 18.4 Å². The summed E-state index contributed by atoms with van der Waals surface area (Å²) in [5, 5.41) is 6.96. The Hall–Kier alpha value is -2.39. The third-order valence-electron chi connectivity index (χ3n) is 5.68. The normalized spacial score (nSPS) is 25.0. The first-order valence-corrected chi connectivity index (χ1v) is 9.80. The summed E-state index contributed by atoms with van der Waals surface area (Å²) in [5.41, 5.74) is 0.490. The van der Waals surface area contributed by atoms with Crippen LogP contribution in [0.4, 0.5) is 0 Å². The molecule has 9 heteroatoms. The lowest BCUT2D eigenvalue weighted by atomic mass is 9.96. The fraction of sp³-hybridized carbons (Fsp3) is 0.632. The van der Waals surface area contributed by atoms with Crippen molar-refractivity contribution >= 4 is 17.5 Å². The molecule has 4 heterocycles. The molecular weight excluding hydrogens is 362 g/mol. The first-order valence-electron chi connectivity index (χ1n) is 9.80. The second-order valence-corrected chi connectivity index (χ2v) is 7.68. The third-order valence-corrected chi connectivity index (χ3v) is 5.68. The van der Waals surface area contributed by atoms with E-state index in [9.17, 15) is 9.59 Å². The van der Waals surface area contributed by atoms with Gasteiger partial charge in [0.2, 0.25) is 0 Å². The van der Waals surface area contributed by atoms with Crippen LogP contribution in [0.2, 0.25) is 0 Å². The number of rotatable bonds is 5. The molecule has 1 N–H and O–H groups in total. The van der Waals surface area contributed by atoms with Crippen LogP contribution in [0.25, 0.3) is 0 Å². The minimum Gasteiger partial charge on any atom is -0.386 e. The third kappa shape index (κ3) is 3.90. The lowest BCUT2D eigenvalue weighted by molar-refractivity contribution is -0.115. The second-order valence-electron chi connectivity index (χ2n) is 7.68. The number of aromatic nitrogens is 1. The van der Waals surface area contributed by atoms with Gasteiger partial charge in [0, 0.05) is 58.8 Å². The molecule has 152 valence electrons. The van der Waals surface area contributed by atoms with Crippen LogP contribution in [0.3, 0.4) is 0 Å². The molecule has 1 aromatic heterocycles. The monoisotopic (exact) mass is 389 g/mol. The maximum atomic E-state index is 12.7. The zero-order valence-electron chi connectivity index (χ0n) is 16.2. The number of nitrogens with one attached hydrogen (secondary N) is 1. The van der Waals surface area contributed by atoms with Gasteiger partial charge in [-0.2, -0.15) is 0 Å². The van der Waals surface area contributed by atoms with E-state index < -0.39 is 5.60 Å². The van der Waals surface area contributed by atoms with Crippen LogP contribution in [-0.4, -0.2) is 90.0 Å². The standard InChI is InChI=1S/C19H27N5O4/c1-22-6-2-3-16(22)18(26)24-7-4-19(14-24)13-15(21-28-19)17(25)20-5-8-23-9-11-27-12-10-23/h2-3,6H,4-5,7-14H2,1H3,(H,20,25)/t19-/m0/s1. The van der Waals surface area contributed by atoms with Crippen molar-refractivity contribution in [2.75, 3.05) is 52.5 Å². The topological polar surface area (TPSA) is 88.4 Å². The van der Waals surface area contributed by atoms with Crippen LogP contribution in [0, 0.1) is 0 Å². The quantitative estimate of drug-likeness (QED) is 0.756. The van der Waals surface area contributed by atoms with E-state index in [1.807, 2.05) is 29.9 Å². The number of oxime groups is 1. The molecular formula is C19H27N5O4. The van der Waals surface area contributed by atoms with Crippen molar-refractivity contribution in [3.8, 4) is 0 Å². The summed E-state index contributed by atoms with van der Waals surface area (Å²) < 4.78 is 7.14. The van der Waals surface area contributed by atoms with Gasteiger partial charge in [-0.25, -0.2) is 0 Å². The largest absolute Gasteiger partial charge is 0.386 e. The first kappa shape index (κ1) is 18.9. The highest BCUT2D eigenvalue weighted by Gasteiger charge is 2.48. The predicted octanol–water partition coefficient (Wildman–Crippen LogP) is -0.165. The second kappa shape index (κ2) is 7.92. The summed E-state index contributed by atoms with van der Waals surface area (Å²) in [6.45, 7) is 5.71. The van der Waals surface area contributed by atoms with Crippen molar-refractivity contribution in [1.29, 1.82) is 0 Å². The predicted molar refractivity (Wildman–Crippen MR) is 102 cm³/mol. The molecule has 0 aromatic carbocycles. The van der Waals surface area contributed by atoms with Gasteiger partial charge in [0.1, 0.15) is 11.4 Å². The van der Waals surface area contributed by atoms with E-state index in [-0.39, 0.29) is 11.8 Å². The molecule has 2 fully saturated rings. The number of nitrogens with zero attached hydrogens (tertiary/aromatic N) is 4. The Morgan fingerprint density at radius 1 is 1.29 bits per heavy atom. The summed E-state index contributed by atoms with van der Waals surface area (Å²) in [5.74, 6) is -0.200. The van der Waals surface area contributed by atoms with Crippen LogP contribution >= 0.6 is 0 Å². The number of carbonyl (C=O) groups excluding carboxylic acids is 2. The van der Waals surface area contributed by atoms with Crippen molar-refractivity contribution in [3.05, 3.63) is 24.0 Å². The van der Waals surface area contributed by atoms with Crippen LogP contribution in [-0.2, 0) is 21.4 Å². The molecule has 9 nitrogen and oxygen atoms in total. The van der Waals surface area contributed by atoms with Gasteiger partial charge in [-0.15, -0.1) is 0 Å². The lowest BCUT2D eigenvalue weighted by Crippen LogP contribution is -2.43. The molecule has 0 bridgehead atoms. The zero-order chi connectivity index (χ0) is 19.6. The van der Waals surface area contributed by atoms with E-state index in [2.05, 4.69) is 15.4 Å². The Kier molecular flexibility index (Phi) is 5.36. The Labute approximate surface area is 164 Å². The van der Waals surface area contributed by atoms with E-state index in [0.29, 0.717) is 43.9 Å². The van der Waals surface area contributed by atoms with Gasteiger partial charge in [-0.05, 0) is 12.1 Å². The summed E-state index contributed by atoms with van der Waals surface area (Å²) in [7, 11) is 1.85. The Balaban J connectivity index is 1.25. The molecule has 3 aliphatic rings. The Morgan fingerprint density at radius 3 is 2.86 bits per heavy atom. The minimum absolute atomic E-state index is 0.0172. The Morgan fingerprint density at radius 2 is 2.11 bits per heavy atom. The fourth-order valence-electron chi connectivity index (χ4n) is 3.98. The fourth-order valence-corrected chi connectivity index (χ4v) is 3.98. The molecule has 2 amide bonds. The first-order chi connectivity index (χ1) is 13.6. The SMILES string of the molecule is Cn1cccc1C(=O)N1CC[C@]2(CC(C(=O)NCCN3CCOCC3)=NO2)C1. The highest BCUT2D eigenvalue weighted by molar-refractivity contribution is 6.39. The van der Waals surface area contributed by atoms with E-state index in [4.69, 9.17) is 9.57 Å². The highest BCUT2D eigenvalue weighted by atomic mass is 16.7. The maximum absolute atomic E-state index is 12.7. The zero-order valence-corrected chi connectivity index (χ0v) is 16.2. The number of likely N-dealkylation sites (tertiary alicyclic amines) is 1. The van der Waals surface area contributed by atoms with Gasteiger partial charge >= 0.3 is 0 Å². The van der Waals surface area contributed by atoms with Crippen LogP contribution in [0.15, 0.2) is 23.5 Å². The smallest absolute Gasteiger partial charge is 0.270 e. The summed E-state index contributed by atoms with van der Waals surface area (Å²) in [4.78, 5) is 34.8. The molecule has 4 rings (SSSR count). The van der Waals surface area contributed by atoms with Gasteiger partial charge in [-0.3, -0.25) is 14.5 Å². The summed E-state index contributed by atoms with van der Waals surface area (Å²) in [6.07, 6.45) is 2.97. The van der Waals surface area contributed by atoms with Gasteiger partial charge in [-0.1, -0.05) is 5.16 Å². The minimum atomic E-state index is -0.572. The number of hydrogen-bond acceptors (Lipinski definition) is 6. The molecule has 3 aliphatic heterocycles. The molecule has 1 spiro atoms. The average Bonchev–Trinajstić information content (AvgIpc) is 3.43. The van der Waals surface area contributed by atoms with Crippen LogP contribution < -0.4 is 5.32 Å². The van der Waals surface area contributed by atoms with Crippen LogP contribution in [0.1, 0.15) is 23.3 Å². The average molecular weight is 389 g/mol. The molecule has 2 saturated heterocycles. The summed E-state index contributed by atoms with van der Waals surface area (Å²) in [6, 6.07) is 3.67. The molecule has 1 atom stereocenters. The Bertz CT molecular complexity index is 770.